The maximum absolute atomic E-state index is 12.5. The number of carbonyl (C=O) groups excluding carboxylic acids is 1. The normalized spacial score (nSPS) is 14.5. The molecule has 26 heavy (non-hydrogen) atoms. The summed E-state index contributed by atoms with van der Waals surface area (Å²) in [4.78, 5) is 16.8. The van der Waals surface area contributed by atoms with Gasteiger partial charge in [0.2, 0.25) is 0 Å². The molecular weight excluding hydrogens is 324 g/mol. The summed E-state index contributed by atoms with van der Waals surface area (Å²) < 4.78 is 5.77. The molecule has 1 aliphatic rings. The molecule has 0 N–H and O–H groups in total. The number of nitrogens with zero attached hydrogens (tertiary/aromatic N) is 2. The van der Waals surface area contributed by atoms with Crippen LogP contribution >= 0.6 is 0 Å². The molecule has 4 heteroatoms. The van der Waals surface area contributed by atoms with E-state index in [4.69, 9.17) is 4.74 Å². The Balaban J connectivity index is 1.55. The zero-order chi connectivity index (χ0) is 18.7. The van der Waals surface area contributed by atoms with Crippen molar-refractivity contribution in [2.24, 2.45) is 0 Å². The fraction of sp³-hybridized carbons (Fsp3) is 0.409. The molecular formula is C22H28N2O2. The summed E-state index contributed by atoms with van der Waals surface area (Å²) in [7, 11) is 0. The van der Waals surface area contributed by atoms with Crippen molar-refractivity contribution in [2.75, 3.05) is 37.7 Å². The van der Waals surface area contributed by atoms with E-state index < -0.39 is 0 Å². The predicted octanol–water partition coefficient (Wildman–Crippen LogP) is 3.65. The Morgan fingerprint density at radius 3 is 2.42 bits per heavy atom. The highest BCUT2D eigenvalue weighted by Crippen LogP contribution is 2.24. The first-order chi connectivity index (χ1) is 12.5. The van der Waals surface area contributed by atoms with Gasteiger partial charge in [-0.25, -0.2) is 0 Å². The quantitative estimate of drug-likeness (QED) is 0.842. The van der Waals surface area contributed by atoms with E-state index in [2.05, 4.69) is 43.0 Å². The summed E-state index contributed by atoms with van der Waals surface area (Å²) in [5.41, 5.74) is 6.11. The molecule has 4 nitrogen and oxygen atoms in total. The number of piperazine rings is 1. The first-order valence-corrected chi connectivity index (χ1v) is 9.24. The molecule has 1 amide bonds. The highest BCUT2D eigenvalue weighted by atomic mass is 16.5. The molecule has 0 saturated carbocycles. The Bertz CT molecular complexity index is 793. The van der Waals surface area contributed by atoms with Crippen molar-refractivity contribution in [2.45, 2.75) is 27.7 Å². The number of benzene rings is 2. The van der Waals surface area contributed by atoms with Crippen LogP contribution in [0.15, 0.2) is 36.4 Å². The lowest BCUT2D eigenvalue weighted by Crippen LogP contribution is -2.50. The molecule has 0 aliphatic carbocycles. The van der Waals surface area contributed by atoms with Crippen LogP contribution in [-0.2, 0) is 4.79 Å². The monoisotopic (exact) mass is 352 g/mol. The summed E-state index contributed by atoms with van der Waals surface area (Å²) in [6, 6.07) is 12.5. The SMILES string of the molecule is Cc1ccc(C)c(OCC(=O)N2CCN(c3cccc(C)c3C)CC2)c1. The van der Waals surface area contributed by atoms with Gasteiger partial charge in [-0.05, 0) is 62.1 Å². The van der Waals surface area contributed by atoms with Crippen LogP contribution in [0.2, 0.25) is 0 Å². The highest BCUT2D eigenvalue weighted by Gasteiger charge is 2.22. The summed E-state index contributed by atoms with van der Waals surface area (Å²) in [6.45, 7) is 11.6. The first-order valence-electron chi connectivity index (χ1n) is 9.24. The zero-order valence-corrected chi connectivity index (χ0v) is 16.2. The summed E-state index contributed by atoms with van der Waals surface area (Å²) in [5.74, 6) is 0.860. The molecule has 2 aromatic rings. The van der Waals surface area contributed by atoms with Crippen molar-refractivity contribution in [1.29, 1.82) is 0 Å². The fourth-order valence-electron chi connectivity index (χ4n) is 3.37. The van der Waals surface area contributed by atoms with Gasteiger partial charge >= 0.3 is 0 Å². The second-order valence-corrected chi connectivity index (χ2v) is 7.14. The average molecular weight is 352 g/mol. The van der Waals surface area contributed by atoms with E-state index in [1.165, 1.54) is 16.8 Å². The van der Waals surface area contributed by atoms with E-state index >= 15 is 0 Å². The van der Waals surface area contributed by atoms with E-state index in [9.17, 15) is 4.79 Å². The molecule has 138 valence electrons. The highest BCUT2D eigenvalue weighted by molar-refractivity contribution is 5.78. The molecule has 0 atom stereocenters. The number of ether oxygens (including phenoxy) is 1. The Kier molecular flexibility index (Phi) is 5.50. The number of amides is 1. The third-order valence-corrected chi connectivity index (χ3v) is 5.24. The number of hydrogen-bond donors (Lipinski definition) is 0. The average Bonchev–Trinajstić information content (AvgIpc) is 2.64. The minimum absolute atomic E-state index is 0.0616. The van der Waals surface area contributed by atoms with Gasteiger partial charge in [-0.3, -0.25) is 4.79 Å². The van der Waals surface area contributed by atoms with Crippen molar-refractivity contribution in [3.05, 3.63) is 58.7 Å². The van der Waals surface area contributed by atoms with Crippen LogP contribution in [0.3, 0.4) is 0 Å². The van der Waals surface area contributed by atoms with E-state index in [0.29, 0.717) is 0 Å². The molecule has 1 fully saturated rings. The second-order valence-electron chi connectivity index (χ2n) is 7.14. The number of aryl methyl sites for hydroxylation is 3. The number of anilines is 1. The fourth-order valence-corrected chi connectivity index (χ4v) is 3.37. The third kappa shape index (κ3) is 4.01. The topological polar surface area (TPSA) is 32.8 Å². The largest absolute Gasteiger partial charge is 0.483 e. The summed E-state index contributed by atoms with van der Waals surface area (Å²) in [5, 5.41) is 0. The molecule has 1 saturated heterocycles. The Morgan fingerprint density at radius 2 is 1.69 bits per heavy atom. The third-order valence-electron chi connectivity index (χ3n) is 5.24. The van der Waals surface area contributed by atoms with Crippen LogP contribution in [0.25, 0.3) is 0 Å². The molecule has 0 spiro atoms. The lowest BCUT2D eigenvalue weighted by molar-refractivity contribution is -0.133. The van der Waals surface area contributed by atoms with E-state index in [1.807, 2.05) is 30.9 Å². The van der Waals surface area contributed by atoms with Gasteiger partial charge in [0.05, 0.1) is 0 Å². The lowest BCUT2D eigenvalue weighted by Gasteiger charge is -2.37. The lowest BCUT2D eigenvalue weighted by atomic mass is 10.1. The van der Waals surface area contributed by atoms with Gasteiger partial charge < -0.3 is 14.5 Å². The predicted molar refractivity (Wildman–Crippen MR) is 106 cm³/mol. The maximum atomic E-state index is 12.5. The van der Waals surface area contributed by atoms with Crippen molar-refractivity contribution in [3.8, 4) is 5.75 Å². The second kappa shape index (κ2) is 7.81. The van der Waals surface area contributed by atoms with Crippen molar-refractivity contribution in [3.63, 3.8) is 0 Å². The van der Waals surface area contributed by atoms with Crippen LogP contribution in [0, 0.1) is 27.7 Å². The van der Waals surface area contributed by atoms with Crippen LogP contribution in [0.5, 0.6) is 5.75 Å². The van der Waals surface area contributed by atoms with Gasteiger partial charge in [0, 0.05) is 31.9 Å². The number of carbonyl (C=O) groups is 1. The summed E-state index contributed by atoms with van der Waals surface area (Å²) >= 11 is 0. The minimum Gasteiger partial charge on any atom is -0.483 e. The molecule has 0 bridgehead atoms. The molecule has 0 unspecified atom stereocenters. The molecule has 0 radical (unpaired) electrons. The summed E-state index contributed by atoms with van der Waals surface area (Å²) in [6.07, 6.45) is 0. The van der Waals surface area contributed by atoms with Crippen LogP contribution in [0.4, 0.5) is 5.69 Å². The van der Waals surface area contributed by atoms with Gasteiger partial charge in [-0.1, -0.05) is 24.3 Å². The zero-order valence-electron chi connectivity index (χ0n) is 16.2. The van der Waals surface area contributed by atoms with Crippen LogP contribution < -0.4 is 9.64 Å². The molecule has 0 aromatic heterocycles. The first kappa shape index (κ1) is 18.3. The van der Waals surface area contributed by atoms with Crippen LogP contribution in [0.1, 0.15) is 22.3 Å². The van der Waals surface area contributed by atoms with Gasteiger partial charge in [0.15, 0.2) is 6.61 Å². The van der Waals surface area contributed by atoms with Gasteiger partial charge in [0.1, 0.15) is 5.75 Å². The van der Waals surface area contributed by atoms with Gasteiger partial charge in [-0.2, -0.15) is 0 Å². The van der Waals surface area contributed by atoms with Crippen molar-refractivity contribution >= 4 is 11.6 Å². The maximum Gasteiger partial charge on any atom is 0.260 e. The minimum atomic E-state index is 0.0616. The smallest absolute Gasteiger partial charge is 0.260 e. The van der Waals surface area contributed by atoms with E-state index in [-0.39, 0.29) is 12.5 Å². The number of hydrogen-bond acceptors (Lipinski definition) is 3. The van der Waals surface area contributed by atoms with Crippen molar-refractivity contribution in [1.82, 2.24) is 4.90 Å². The number of rotatable bonds is 4. The van der Waals surface area contributed by atoms with E-state index in [0.717, 1.165) is 43.1 Å². The van der Waals surface area contributed by atoms with Gasteiger partial charge in [-0.15, -0.1) is 0 Å². The molecule has 2 aromatic carbocycles. The van der Waals surface area contributed by atoms with Gasteiger partial charge in [0.25, 0.3) is 5.91 Å². The van der Waals surface area contributed by atoms with Crippen molar-refractivity contribution < 1.29 is 9.53 Å². The molecule has 3 rings (SSSR count). The Hall–Kier alpha value is -2.49. The molecule has 1 aliphatic heterocycles. The van der Waals surface area contributed by atoms with Crippen LogP contribution in [-0.4, -0.2) is 43.6 Å². The Morgan fingerprint density at radius 1 is 0.962 bits per heavy atom. The molecule has 1 heterocycles. The standard InChI is InChI=1S/C22H28N2O2/c1-16-8-9-18(3)21(14-16)26-15-22(25)24-12-10-23(11-13-24)20-7-5-6-17(2)19(20)4/h5-9,14H,10-13,15H2,1-4H3. The van der Waals surface area contributed by atoms with E-state index in [1.54, 1.807) is 0 Å². The Labute approximate surface area is 156 Å².